The van der Waals surface area contributed by atoms with Crippen LogP contribution in [0.15, 0.2) is 67.0 Å². The third kappa shape index (κ3) is 4.25. The van der Waals surface area contributed by atoms with Crippen LogP contribution in [-0.2, 0) is 6.54 Å². The molecule has 26 heavy (non-hydrogen) atoms. The minimum Gasteiger partial charge on any atom is -0.350 e. The molecule has 1 aromatic heterocycles. The number of hydrogen-bond donors (Lipinski definition) is 1. The number of amides is 1. The molecule has 1 heterocycles. The van der Waals surface area contributed by atoms with Crippen molar-refractivity contribution >= 4 is 17.5 Å². The molecule has 0 radical (unpaired) electrons. The van der Waals surface area contributed by atoms with Crippen LogP contribution in [0.1, 0.15) is 28.4 Å². The Kier molecular flexibility index (Phi) is 5.59. The van der Waals surface area contributed by atoms with E-state index in [9.17, 15) is 4.79 Å². The van der Waals surface area contributed by atoms with Crippen LogP contribution in [0.3, 0.4) is 0 Å². The molecule has 132 valence electrons. The zero-order valence-corrected chi connectivity index (χ0v) is 15.0. The number of anilines is 2. The van der Waals surface area contributed by atoms with Gasteiger partial charge in [0.15, 0.2) is 0 Å². The van der Waals surface area contributed by atoms with Gasteiger partial charge in [-0.25, -0.2) is 9.97 Å². The van der Waals surface area contributed by atoms with Crippen LogP contribution in [-0.4, -0.2) is 22.4 Å². The van der Waals surface area contributed by atoms with Gasteiger partial charge in [0.05, 0.1) is 5.56 Å². The Morgan fingerprint density at radius 1 is 1.04 bits per heavy atom. The van der Waals surface area contributed by atoms with E-state index in [2.05, 4.69) is 15.3 Å². The molecule has 0 bridgehead atoms. The molecule has 0 atom stereocenters. The van der Waals surface area contributed by atoms with Gasteiger partial charge in [-0.3, -0.25) is 4.79 Å². The third-order valence-corrected chi connectivity index (χ3v) is 4.07. The summed E-state index contributed by atoms with van der Waals surface area (Å²) >= 11 is 0. The Bertz CT molecular complexity index is 863. The molecular formula is C21H22N4O. The number of hydrogen-bond acceptors (Lipinski definition) is 4. The second-order valence-electron chi connectivity index (χ2n) is 6.02. The topological polar surface area (TPSA) is 58.1 Å². The SMILES string of the molecule is CCN(C(=O)c1cnc(NCc2ccccc2)nc1)c1cccc(C)c1. The number of aryl methyl sites for hydroxylation is 1. The van der Waals surface area contributed by atoms with Crippen molar-refractivity contribution in [1.82, 2.24) is 9.97 Å². The number of nitrogens with one attached hydrogen (secondary N) is 1. The normalized spacial score (nSPS) is 10.4. The van der Waals surface area contributed by atoms with Crippen LogP contribution < -0.4 is 10.2 Å². The van der Waals surface area contributed by atoms with E-state index in [0.717, 1.165) is 16.8 Å². The fourth-order valence-corrected chi connectivity index (χ4v) is 2.70. The van der Waals surface area contributed by atoms with Gasteiger partial charge in [-0.1, -0.05) is 42.5 Å². The summed E-state index contributed by atoms with van der Waals surface area (Å²) in [6, 6.07) is 17.9. The second kappa shape index (κ2) is 8.25. The van der Waals surface area contributed by atoms with Gasteiger partial charge in [-0.2, -0.15) is 0 Å². The standard InChI is InChI=1S/C21H22N4O/c1-3-25(19-11-7-8-16(2)12-19)20(26)18-14-23-21(24-15-18)22-13-17-9-5-4-6-10-17/h4-12,14-15H,3,13H2,1-2H3,(H,22,23,24). The van der Waals surface area contributed by atoms with Crippen molar-refractivity contribution in [3.8, 4) is 0 Å². The lowest BCUT2D eigenvalue weighted by Gasteiger charge is -2.21. The Morgan fingerprint density at radius 2 is 1.77 bits per heavy atom. The quantitative estimate of drug-likeness (QED) is 0.731. The van der Waals surface area contributed by atoms with Gasteiger partial charge in [0, 0.05) is 31.2 Å². The molecule has 0 spiro atoms. The first kappa shape index (κ1) is 17.6. The van der Waals surface area contributed by atoms with E-state index in [1.807, 2.05) is 68.4 Å². The van der Waals surface area contributed by atoms with Crippen molar-refractivity contribution < 1.29 is 4.79 Å². The molecule has 3 aromatic rings. The van der Waals surface area contributed by atoms with Crippen molar-refractivity contribution in [2.75, 3.05) is 16.8 Å². The van der Waals surface area contributed by atoms with E-state index in [-0.39, 0.29) is 5.91 Å². The maximum Gasteiger partial charge on any atom is 0.261 e. The Labute approximate surface area is 153 Å². The van der Waals surface area contributed by atoms with Crippen molar-refractivity contribution in [1.29, 1.82) is 0 Å². The predicted octanol–water partition coefficient (Wildman–Crippen LogP) is 4.06. The van der Waals surface area contributed by atoms with E-state index in [1.54, 1.807) is 17.3 Å². The Balaban J connectivity index is 1.69. The highest BCUT2D eigenvalue weighted by atomic mass is 16.2. The molecule has 0 aliphatic rings. The molecule has 0 aliphatic heterocycles. The van der Waals surface area contributed by atoms with Crippen LogP contribution in [0.4, 0.5) is 11.6 Å². The summed E-state index contributed by atoms with van der Waals surface area (Å²) in [5.41, 5.74) is 3.61. The van der Waals surface area contributed by atoms with Gasteiger partial charge in [-0.05, 0) is 37.1 Å². The molecule has 0 unspecified atom stereocenters. The first-order chi connectivity index (χ1) is 12.7. The molecule has 0 saturated heterocycles. The molecule has 0 saturated carbocycles. The van der Waals surface area contributed by atoms with Gasteiger partial charge in [0.2, 0.25) is 5.95 Å². The zero-order chi connectivity index (χ0) is 18.4. The summed E-state index contributed by atoms with van der Waals surface area (Å²) in [5.74, 6) is 0.400. The summed E-state index contributed by atoms with van der Waals surface area (Å²) in [7, 11) is 0. The van der Waals surface area contributed by atoms with Gasteiger partial charge < -0.3 is 10.2 Å². The molecular weight excluding hydrogens is 324 g/mol. The number of rotatable bonds is 6. The minimum atomic E-state index is -0.104. The maximum atomic E-state index is 12.8. The predicted molar refractivity (Wildman–Crippen MR) is 104 cm³/mol. The summed E-state index contributed by atoms with van der Waals surface area (Å²) in [5, 5.41) is 3.16. The van der Waals surface area contributed by atoms with E-state index < -0.39 is 0 Å². The Morgan fingerprint density at radius 3 is 2.42 bits per heavy atom. The largest absolute Gasteiger partial charge is 0.350 e. The number of nitrogens with zero attached hydrogens (tertiary/aromatic N) is 3. The van der Waals surface area contributed by atoms with E-state index in [0.29, 0.717) is 24.6 Å². The zero-order valence-electron chi connectivity index (χ0n) is 15.0. The van der Waals surface area contributed by atoms with Gasteiger partial charge in [-0.15, -0.1) is 0 Å². The van der Waals surface area contributed by atoms with Gasteiger partial charge in [0.1, 0.15) is 0 Å². The van der Waals surface area contributed by atoms with Crippen molar-refractivity contribution in [3.63, 3.8) is 0 Å². The van der Waals surface area contributed by atoms with Crippen molar-refractivity contribution in [2.45, 2.75) is 20.4 Å². The average Bonchev–Trinajstić information content (AvgIpc) is 2.68. The number of carbonyl (C=O) groups excluding carboxylic acids is 1. The van der Waals surface area contributed by atoms with E-state index in [1.165, 1.54) is 0 Å². The maximum absolute atomic E-state index is 12.8. The second-order valence-corrected chi connectivity index (χ2v) is 6.02. The van der Waals surface area contributed by atoms with Crippen LogP contribution in [0.5, 0.6) is 0 Å². The molecule has 1 N–H and O–H groups in total. The highest BCUT2D eigenvalue weighted by molar-refractivity contribution is 6.05. The monoisotopic (exact) mass is 346 g/mol. The summed E-state index contributed by atoms with van der Waals surface area (Å²) in [6.45, 7) is 5.18. The average molecular weight is 346 g/mol. The summed E-state index contributed by atoms with van der Waals surface area (Å²) < 4.78 is 0. The first-order valence-electron chi connectivity index (χ1n) is 8.65. The lowest BCUT2D eigenvalue weighted by Crippen LogP contribution is -2.30. The van der Waals surface area contributed by atoms with Gasteiger partial charge >= 0.3 is 0 Å². The smallest absolute Gasteiger partial charge is 0.261 e. The molecule has 2 aromatic carbocycles. The highest BCUT2D eigenvalue weighted by Crippen LogP contribution is 2.18. The highest BCUT2D eigenvalue weighted by Gasteiger charge is 2.17. The molecule has 0 aliphatic carbocycles. The minimum absolute atomic E-state index is 0.104. The lowest BCUT2D eigenvalue weighted by atomic mass is 10.2. The third-order valence-electron chi connectivity index (χ3n) is 4.07. The number of aromatic nitrogens is 2. The molecule has 0 fully saturated rings. The van der Waals surface area contributed by atoms with Crippen molar-refractivity contribution in [2.24, 2.45) is 0 Å². The molecule has 3 rings (SSSR count). The summed E-state index contributed by atoms with van der Waals surface area (Å²) in [4.78, 5) is 23.1. The van der Waals surface area contributed by atoms with Crippen LogP contribution in [0.2, 0.25) is 0 Å². The van der Waals surface area contributed by atoms with Crippen LogP contribution >= 0.6 is 0 Å². The molecule has 1 amide bonds. The first-order valence-corrected chi connectivity index (χ1v) is 8.65. The van der Waals surface area contributed by atoms with Crippen LogP contribution in [0.25, 0.3) is 0 Å². The fraction of sp³-hybridized carbons (Fsp3) is 0.190. The van der Waals surface area contributed by atoms with E-state index in [4.69, 9.17) is 0 Å². The van der Waals surface area contributed by atoms with Gasteiger partial charge in [0.25, 0.3) is 5.91 Å². The molecule has 5 heteroatoms. The van der Waals surface area contributed by atoms with Crippen LogP contribution in [0, 0.1) is 6.92 Å². The van der Waals surface area contributed by atoms with E-state index >= 15 is 0 Å². The lowest BCUT2D eigenvalue weighted by molar-refractivity contribution is 0.0987. The molecule has 5 nitrogen and oxygen atoms in total. The summed E-state index contributed by atoms with van der Waals surface area (Å²) in [6.07, 6.45) is 3.14. The number of benzene rings is 2. The number of carbonyl (C=O) groups is 1. The Hall–Kier alpha value is -3.21. The fourth-order valence-electron chi connectivity index (χ4n) is 2.70. The van der Waals surface area contributed by atoms with Crippen molar-refractivity contribution in [3.05, 3.63) is 83.7 Å².